The number of aliphatic hydroxyl groups excluding tert-OH is 1. The molecule has 1 heterocycles. The van der Waals surface area contributed by atoms with Crippen LogP contribution >= 0.6 is 45.2 Å². The summed E-state index contributed by atoms with van der Waals surface area (Å²) in [6.07, 6.45) is 4.11. The first-order valence-electron chi connectivity index (χ1n) is 4.55. The topological polar surface area (TPSA) is 38.7 Å². The minimum atomic E-state index is -0.338. The van der Waals surface area contributed by atoms with Crippen molar-refractivity contribution in [1.82, 2.24) is 0 Å². The van der Waals surface area contributed by atoms with E-state index in [-0.39, 0.29) is 15.8 Å². The molecule has 0 radical (unpaired) electrons. The third-order valence-electron chi connectivity index (χ3n) is 2.40. The van der Waals surface area contributed by atoms with Gasteiger partial charge in [-0.25, -0.2) is 0 Å². The molecular formula is C9H12I2O3. The minimum absolute atomic E-state index is 0.0425. The minimum Gasteiger partial charge on any atom is -0.389 e. The fourth-order valence-corrected chi connectivity index (χ4v) is 2.92. The zero-order valence-corrected chi connectivity index (χ0v) is 11.8. The van der Waals surface area contributed by atoms with Crippen molar-refractivity contribution in [2.75, 3.05) is 13.2 Å². The van der Waals surface area contributed by atoms with Crippen molar-refractivity contribution in [3.63, 3.8) is 0 Å². The summed E-state index contributed by atoms with van der Waals surface area (Å²) < 4.78 is 11.5. The van der Waals surface area contributed by atoms with Crippen LogP contribution in [0, 0.1) is 0 Å². The molecule has 1 aliphatic carbocycles. The molecular weight excluding hydrogens is 410 g/mol. The highest BCUT2D eigenvalue weighted by molar-refractivity contribution is 14.1. The molecule has 3 nitrogen and oxygen atoms in total. The molecule has 0 spiro atoms. The Kier molecular flexibility index (Phi) is 3.73. The summed E-state index contributed by atoms with van der Waals surface area (Å²) in [5.74, 6) is 0. The van der Waals surface area contributed by atoms with E-state index in [1.54, 1.807) is 6.08 Å². The lowest BCUT2D eigenvalue weighted by Crippen LogP contribution is -2.37. The van der Waals surface area contributed by atoms with Crippen LogP contribution in [0.5, 0.6) is 0 Å². The lowest BCUT2D eigenvalue weighted by Gasteiger charge is -2.27. The van der Waals surface area contributed by atoms with Gasteiger partial charge in [-0.15, -0.1) is 0 Å². The van der Waals surface area contributed by atoms with Crippen LogP contribution in [0.15, 0.2) is 12.2 Å². The zero-order chi connectivity index (χ0) is 10.2. The second-order valence-electron chi connectivity index (χ2n) is 3.61. The summed E-state index contributed by atoms with van der Waals surface area (Å²) in [7, 11) is 0. The van der Waals surface area contributed by atoms with Crippen LogP contribution in [-0.4, -0.2) is 38.1 Å². The first-order chi connectivity index (χ1) is 6.60. The van der Waals surface area contributed by atoms with Crippen molar-refractivity contribution >= 4 is 45.2 Å². The van der Waals surface area contributed by atoms with Crippen molar-refractivity contribution in [1.29, 1.82) is 0 Å². The van der Waals surface area contributed by atoms with Crippen molar-refractivity contribution in [2.24, 2.45) is 0 Å². The van der Waals surface area contributed by atoms with Gasteiger partial charge >= 0.3 is 0 Å². The summed E-state index contributed by atoms with van der Waals surface area (Å²) in [6, 6.07) is 0. The second kappa shape index (κ2) is 4.52. The Morgan fingerprint density at radius 2 is 2.29 bits per heavy atom. The molecule has 1 saturated heterocycles. The molecule has 1 fully saturated rings. The molecule has 2 rings (SSSR count). The van der Waals surface area contributed by atoms with Gasteiger partial charge in [0.05, 0.1) is 29.3 Å². The van der Waals surface area contributed by atoms with Crippen molar-refractivity contribution in [3.05, 3.63) is 12.2 Å². The van der Waals surface area contributed by atoms with E-state index in [9.17, 15) is 5.11 Å². The second-order valence-corrected chi connectivity index (χ2v) is 6.94. The molecule has 1 aliphatic heterocycles. The van der Waals surface area contributed by atoms with E-state index in [0.29, 0.717) is 17.0 Å². The standard InChI is InChI=1S/C9H12I2O3/c10-8-4-13-5-9(8,11)14-7-2-1-6(12)3-7/h1-2,6-8,12H,3-5H2/t6-,7+,8+,9-/m1/s1. The lowest BCUT2D eigenvalue weighted by molar-refractivity contribution is -0.0102. The monoisotopic (exact) mass is 422 g/mol. The largest absolute Gasteiger partial charge is 0.389 e. The average molecular weight is 422 g/mol. The molecule has 2 aliphatic rings. The van der Waals surface area contributed by atoms with Gasteiger partial charge in [-0.05, 0) is 22.6 Å². The van der Waals surface area contributed by atoms with Gasteiger partial charge in [0.15, 0.2) is 3.61 Å². The highest BCUT2D eigenvalue weighted by Crippen LogP contribution is 2.38. The first kappa shape index (κ1) is 11.6. The Morgan fingerprint density at radius 3 is 2.79 bits per heavy atom. The highest BCUT2D eigenvalue weighted by Gasteiger charge is 2.43. The lowest BCUT2D eigenvalue weighted by atomic mass is 10.2. The summed E-state index contributed by atoms with van der Waals surface area (Å²) >= 11 is 4.68. The van der Waals surface area contributed by atoms with Crippen molar-refractivity contribution in [3.8, 4) is 0 Å². The predicted octanol–water partition coefficient (Wildman–Crippen LogP) is 1.66. The average Bonchev–Trinajstić information content (AvgIpc) is 2.62. The molecule has 4 atom stereocenters. The summed E-state index contributed by atoms with van der Waals surface area (Å²) in [5, 5.41) is 9.32. The number of rotatable bonds is 2. The number of alkyl halides is 2. The van der Waals surface area contributed by atoms with Crippen LogP contribution < -0.4 is 0 Å². The van der Waals surface area contributed by atoms with Crippen LogP contribution in [-0.2, 0) is 9.47 Å². The van der Waals surface area contributed by atoms with E-state index >= 15 is 0 Å². The predicted molar refractivity (Wildman–Crippen MR) is 70.0 cm³/mol. The van der Waals surface area contributed by atoms with Crippen molar-refractivity contribution < 1.29 is 14.6 Å². The maximum Gasteiger partial charge on any atom is 0.156 e. The molecule has 0 aromatic heterocycles. The molecule has 1 N–H and O–H groups in total. The fraction of sp³-hybridized carbons (Fsp3) is 0.778. The van der Waals surface area contributed by atoms with Gasteiger partial charge in [0, 0.05) is 6.42 Å². The Hall–Kier alpha value is 1.08. The Labute approximate surface area is 111 Å². The molecule has 0 bridgehead atoms. The van der Waals surface area contributed by atoms with E-state index in [2.05, 4.69) is 45.2 Å². The molecule has 0 unspecified atom stereocenters. The smallest absolute Gasteiger partial charge is 0.156 e. The number of hydrogen-bond donors (Lipinski definition) is 1. The van der Waals surface area contributed by atoms with Crippen LogP contribution in [0.4, 0.5) is 0 Å². The van der Waals surface area contributed by atoms with Crippen LogP contribution in [0.2, 0.25) is 0 Å². The normalized spacial score (nSPS) is 47.5. The Morgan fingerprint density at radius 1 is 1.50 bits per heavy atom. The van der Waals surface area contributed by atoms with Gasteiger partial charge in [0.1, 0.15) is 0 Å². The van der Waals surface area contributed by atoms with Gasteiger partial charge in [-0.3, -0.25) is 0 Å². The molecule has 0 saturated carbocycles. The molecule has 0 amide bonds. The van der Waals surface area contributed by atoms with Crippen LogP contribution in [0.1, 0.15) is 6.42 Å². The van der Waals surface area contributed by atoms with Gasteiger partial charge in [-0.2, -0.15) is 0 Å². The molecule has 14 heavy (non-hydrogen) atoms. The molecule has 0 aromatic rings. The number of aliphatic hydroxyl groups is 1. The summed E-state index contributed by atoms with van der Waals surface area (Å²) in [4.78, 5) is 0. The molecule has 80 valence electrons. The molecule has 0 aromatic carbocycles. The van der Waals surface area contributed by atoms with Gasteiger partial charge < -0.3 is 14.6 Å². The third kappa shape index (κ3) is 2.42. The van der Waals surface area contributed by atoms with E-state index in [4.69, 9.17) is 9.47 Å². The van der Waals surface area contributed by atoms with Crippen LogP contribution in [0.3, 0.4) is 0 Å². The zero-order valence-electron chi connectivity index (χ0n) is 7.53. The summed E-state index contributed by atoms with van der Waals surface area (Å²) in [5.41, 5.74) is 0. The first-order valence-corrected chi connectivity index (χ1v) is 6.87. The van der Waals surface area contributed by atoms with E-state index < -0.39 is 0 Å². The number of ether oxygens (including phenoxy) is 2. The molecule has 5 heteroatoms. The quantitative estimate of drug-likeness (QED) is 0.418. The Balaban J connectivity index is 1.93. The van der Waals surface area contributed by atoms with Gasteiger partial charge in [0.25, 0.3) is 0 Å². The van der Waals surface area contributed by atoms with Crippen molar-refractivity contribution in [2.45, 2.75) is 26.2 Å². The van der Waals surface area contributed by atoms with Gasteiger partial charge in [0.2, 0.25) is 0 Å². The SMILES string of the molecule is O[C@@H]1C=C[C@H](O[C@]2(I)COC[C@@H]2I)C1. The Bertz CT molecular complexity index is 246. The maximum absolute atomic E-state index is 9.32. The summed E-state index contributed by atoms with van der Waals surface area (Å²) in [6.45, 7) is 1.39. The number of halogens is 2. The number of hydrogen-bond acceptors (Lipinski definition) is 3. The highest BCUT2D eigenvalue weighted by atomic mass is 127. The van der Waals surface area contributed by atoms with Gasteiger partial charge in [-0.1, -0.05) is 34.7 Å². The van der Waals surface area contributed by atoms with Crippen LogP contribution in [0.25, 0.3) is 0 Å². The van der Waals surface area contributed by atoms with E-state index in [1.165, 1.54) is 0 Å². The fourth-order valence-electron chi connectivity index (χ4n) is 1.61. The third-order valence-corrected chi connectivity index (χ3v) is 6.27. The maximum atomic E-state index is 9.32. The van der Waals surface area contributed by atoms with E-state index in [0.717, 1.165) is 6.61 Å². The van der Waals surface area contributed by atoms with E-state index in [1.807, 2.05) is 6.08 Å².